The molecule has 0 spiro atoms. The van der Waals surface area contributed by atoms with E-state index in [0.717, 1.165) is 37.1 Å². The second-order valence-corrected chi connectivity index (χ2v) is 8.04. The summed E-state index contributed by atoms with van der Waals surface area (Å²) in [5, 5.41) is 17.4. The van der Waals surface area contributed by atoms with Crippen LogP contribution in [0.5, 0.6) is 0 Å². The van der Waals surface area contributed by atoms with Gasteiger partial charge in [-0.15, -0.1) is 24.0 Å². The van der Waals surface area contributed by atoms with Crippen LogP contribution in [0.25, 0.3) is 0 Å². The number of furan rings is 1. The van der Waals surface area contributed by atoms with Gasteiger partial charge in [0.15, 0.2) is 5.96 Å². The van der Waals surface area contributed by atoms with Crippen molar-refractivity contribution in [1.82, 2.24) is 15.5 Å². The third-order valence-electron chi connectivity index (χ3n) is 4.76. The molecule has 156 valence electrons. The molecule has 27 heavy (non-hydrogen) atoms. The molecule has 1 aromatic heterocycles. The van der Waals surface area contributed by atoms with Crippen molar-refractivity contribution >= 4 is 29.9 Å². The van der Waals surface area contributed by atoms with Crippen molar-refractivity contribution in [1.29, 1.82) is 0 Å². The molecule has 0 radical (unpaired) electrons. The first-order chi connectivity index (χ1) is 12.4. The smallest absolute Gasteiger partial charge is 0.191 e. The predicted octanol–water partition coefficient (Wildman–Crippen LogP) is 2.87. The average Bonchev–Trinajstić information content (AvgIpc) is 3.10. The Hall–Kier alpha value is -0.800. The van der Waals surface area contributed by atoms with Gasteiger partial charge in [-0.25, -0.2) is 0 Å². The highest BCUT2D eigenvalue weighted by Gasteiger charge is 2.21. The highest BCUT2D eigenvalue weighted by molar-refractivity contribution is 14.0. The van der Waals surface area contributed by atoms with Crippen molar-refractivity contribution < 1.29 is 9.52 Å². The second kappa shape index (κ2) is 12.6. The van der Waals surface area contributed by atoms with Crippen molar-refractivity contribution in [3.63, 3.8) is 0 Å². The maximum absolute atomic E-state index is 10.5. The molecule has 1 saturated carbocycles. The zero-order valence-corrected chi connectivity index (χ0v) is 19.4. The van der Waals surface area contributed by atoms with E-state index in [-0.39, 0.29) is 24.0 Å². The third kappa shape index (κ3) is 10.4. The number of rotatable bonds is 9. The Morgan fingerprint density at radius 1 is 1.30 bits per heavy atom. The number of halogens is 1. The van der Waals surface area contributed by atoms with E-state index in [1.54, 1.807) is 6.26 Å². The van der Waals surface area contributed by atoms with E-state index in [1.807, 2.05) is 38.1 Å². The number of hydrogen-bond acceptors (Lipinski definition) is 4. The molecule has 7 heteroatoms. The number of aliphatic imine (C=N–C) groups is 1. The standard InChI is InChI=1S/C20H36N4O2.HI/c1-20(25,16-24(2)3)15-23-19(21-12-11-18-10-7-13-26-18)22-14-17-8-5-4-6-9-17;/h7,10,13,17,25H,4-6,8-9,11-12,14-16H2,1-3H3,(H2,21,22,23);1H. The van der Waals surface area contributed by atoms with Crippen LogP contribution in [0.2, 0.25) is 0 Å². The maximum atomic E-state index is 10.5. The molecule has 0 amide bonds. The van der Waals surface area contributed by atoms with Crippen LogP contribution in [0.15, 0.2) is 27.8 Å². The van der Waals surface area contributed by atoms with Crippen LogP contribution in [0, 0.1) is 5.92 Å². The summed E-state index contributed by atoms with van der Waals surface area (Å²) in [4.78, 5) is 6.62. The van der Waals surface area contributed by atoms with Gasteiger partial charge in [0.1, 0.15) is 5.76 Å². The van der Waals surface area contributed by atoms with Crippen molar-refractivity contribution in [2.45, 2.75) is 51.0 Å². The number of guanidine groups is 1. The molecule has 0 aromatic carbocycles. The first-order valence-corrected chi connectivity index (χ1v) is 9.86. The quantitative estimate of drug-likeness (QED) is 0.281. The Morgan fingerprint density at radius 2 is 2.04 bits per heavy atom. The summed E-state index contributed by atoms with van der Waals surface area (Å²) in [5.41, 5.74) is -0.843. The molecule has 1 aromatic rings. The van der Waals surface area contributed by atoms with E-state index >= 15 is 0 Å². The molecule has 6 nitrogen and oxygen atoms in total. The maximum Gasteiger partial charge on any atom is 0.191 e. The lowest BCUT2D eigenvalue weighted by Gasteiger charge is -2.26. The summed E-state index contributed by atoms with van der Waals surface area (Å²) in [6.45, 7) is 4.48. The van der Waals surface area contributed by atoms with Gasteiger partial charge in [0.25, 0.3) is 0 Å². The number of likely N-dealkylation sites (N-methyl/N-ethyl adjacent to an activating group) is 1. The molecule has 1 aliphatic rings. The van der Waals surface area contributed by atoms with E-state index in [0.29, 0.717) is 13.1 Å². The summed E-state index contributed by atoms with van der Waals surface area (Å²) in [6, 6.07) is 3.89. The molecule has 1 heterocycles. The monoisotopic (exact) mass is 492 g/mol. The Labute approximate surface area is 181 Å². The van der Waals surface area contributed by atoms with Crippen molar-refractivity contribution in [2.24, 2.45) is 10.9 Å². The number of nitrogens with one attached hydrogen (secondary N) is 2. The van der Waals surface area contributed by atoms with Gasteiger partial charge < -0.3 is 25.1 Å². The van der Waals surface area contributed by atoms with E-state index in [1.165, 1.54) is 32.1 Å². The summed E-state index contributed by atoms with van der Waals surface area (Å²) in [7, 11) is 3.92. The number of hydrogen-bond donors (Lipinski definition) is 3. The summed E-state index contributed by atoms with van der Waals surface area (Å²) in [5.74, 6) is 2.47. The molecule has 3 N–H and O–H groups in total. The Morgan fingerprint density at radius 3 is 2.67 bits per heavy atom. The van der Waals surface area contributed by atoms with E-state index in [9.17, 15) is 5.11 Å². The third-order valence-corrected chi connectivity index (χ3v) is 4.76. The van der Waals surface area contributed by atoms with Crippen LogP contribution in [-0.2, 0) is 6.42 Å². The lowest BCUT2D eigenvalue weighted by atomic mass is 9.89. The van der Waals surface area contributed by atoms with Gasteiger partial charge >= 0.3 is 0 Å². The molecular formula is C20H37IN4O2. The number of aliphatic hydroxyl groups is 1. The molecule has 1 atom stereocenters. The molecule has 2 rings (SSSR count). The first kappa shape index (κ1) is 24.2. The van der Waals surface area contributed by atoms with E-state index in [2.05, 4.69) is 15.6 Å². The zero-order chi connectivity index (χ0) is 18.8. The summed E-state index contributed by atoms with van der Waals surface area (Å²) < 4.78 is 5.38. The lowest BCUT2D eigenvalue weighted by molar-refractivity contribution is 0.0423. The predicted molar refractivity (Wildman–Crippen MR) is 122 cm³/mol. The molecule has 1 unspecified atom stereocenters. The highest BCUT2D eigenvalue weighted by atomic mass is 127. The molecular weight excluding hydrogens is 455 g/mol. The fraction of sp³-hybridized carbons (Fsp3) is 0.750. The van der Waals surface area contributed by atoms with Crippen molar-refractivity contribution in [2.75, 3.05) is 40.3 Å². The van der Waals surface area contributed by atoms with Gasteiger partial charge in [0.2, 0.25) is 0 Å². The minimum Gasteiger partial charge on any atom is -0.469 e. The fourth-order valence-electron chi connectivity index (χ4n) is 3.55. The Balaban J connectivity index is 0.00000364. The first-order valence-electron chi connectivity index (χ1n) is 9.86. The van der Waals surface area contributed by atoms with Crippen LogP contribution in [0.1, 0.15) is 44.8 Å². The SMILES string of the molecule is CN(C)CC(C)(O)CN=C(NCCc1ccco1)NCC1CCCCC1.I. The molecule has 0 bridgehead atoms. The zero-order valence-electron chi connectivity index (χ0n) is 17.0. The van der Waals surface area contributed by atoms with Crippen LogP contribution >= 0.6 is 24.0 Å². The van der Waals surface area contributed by atoms with Gasteiger partial charge in [-0.05, 0) is 51.9 Å². The van der Waals surface area contributed by atoms with Crippen LogP contribution in [-0.4, -0.2) is 61.8 Å². The minimum absolute atomic E-state index is 0. The molecule has 1 fully saturated rings. The van der Waals surface area contributed by atoms with Gasteiger partial charge in [-0.3, -0.25) is 4.99 Å². The summed E-state index contributed by atoms with van der Waals surface area (Å²) in [6.07, 6.45) is 9.14. The Bertz CT molecular complexity index is 526. The van der Waals surface area contributed by atoms with Gasteiger partial charge in [-0.2, -0.15) is 0 Å². The molecule has 0 saturated heterocycles. The van der Waals surface area contributed by atoms with Crippen LogP contribution < -0.4 is 10.6 Å². The fourth-order valence-corrected chi connectivity index (χ4v) is 3.55. The van der Waals surface area contributed by atoms with Crippen molar-refractivity contribution in [3.8, 4) is 0 Å². The largest absolute Gasteiger partial charge is 0.469 e. The molecule has 1 aliphatic carbocycles. The van der Waals surface area contributed by atoms with Crippen LogP contribution in [0.4, 0.5) is 0 Å². The highest BCUT2D eigenvalue weighted by Crippen LogP contribution is 2.22. The van der Waals surface area contributed by atoms with Crippen LogP contribution in [0.3, 0.4) is 0 Å². The van der Waals surface area contributed by atoms with E-state index < -0.39 is 5.60 Å². The lowest BCUT2D eigenvalue weighted by Crippen LogP contribution is -2.44. The van der Waals surface area contributed by atoms with Crippen molar-refractivity contribution in [3.05, 3.63) is 24.2 Å². The minimum atomic E-state index is -0.843. The Kier molecular flexibility index (Phi) is 11.3. The summed E-state index contributed by atoms with van der Waals surface area (Å²) >= 11 is 0. The number of nitrogens with zero attached hydrogens (tertiary/aromatic N) is 2. The van der Waals surface area contributed by atoms with Gasteiger partial charge in [0, 0.05) is 26.1 Å². The average molecular weight is 492 g/mol. The van der Waals surface area contributed by atoms with Gasteiger partial charge in [-0.1, -0.05) is 19.3 Å². The topological polar surface area (TPSA) is 73.0 Å². The van der Waals surface area contributed by atoms with E-state index in [4.69, 9.17) is 4.42 Å². The normalized spacial score (nSPS) is 18.0. The molecule has 0 aliphatic heterocycles. The van der Waals surface area contributed by atoms with Gasteiger partial charge in [0.05, 0.1) is 18.4 Å². The second-order valence-electron chi connectivity index (χ2n) is 8.04.